The molecule has 0 bridgehead atoms. The molecule has 2 saturated carbocycles. The molecule has 1 amide bonds. The largest absolute Gasteiger partial charge is 0.345 e. The van der Waals surface area contributed by atoms with E-state index < -0.39 is 0 Å². The number of carbonyl (C=O) groups excluding carboxylic acids is 1. The molecule has 86 valence electrons. The Morgan fingerprint density at radius 2 is 2.00 bits per heavy atom. The second kappa shape index (κ2) is 4.12. The molecule has 0 aromatic carbocycles. The molecule has 0 saturated heterocycles. The minimum atomic E-state index is -0.159. The molecular weight excluding hydrogens is 188 g/mol. The fourth-order valence-electron chi connectivity index (χ4n) is 2.72. The monoisotopic (exact) mass is 210 g/mol. The SMILES string of the molecule is CN(CC1CCCC1)C(=O)C1(CN)CC1. The number of amides is 1. The van der Waals surface area contributed by atoms with Crippen LogP contribution in [-0.2, 0) is 4.79 Å². The van der Waals surface area contributed by atoms with Gasteiger partial charge >= 0.3 is 0 Å². The van der Waals surface area contributed by atoms with Crippen LogP contribution in [0.1, 0.15) is 38.5 Å². The van der Waals surface area contributed by atoms with Crippen LogP contribution in [0.15, 0.2) is 0 Å². The van der Waals surface area contributed by atoms with E-state index in [1.54, 1.807) is 0 Å². The van der Waals surface area contributed by atoms with Gasteiger partial charge in [-0.1, -0.05) is 12.8 Å². The molecule has 0 aliphatic heterocycles. The van der Waals surface area contributed by atoms with Crippen LogP contribution >= 0.6 is 0 Å². The molecule has 0 spiro atoms. The number of nitrogens with zero attached hydrogens (tertiary/aromatic N) is 1. The van der Waals surface area contributed by atoms with Crippen molar-refractivity contribution >= 4 is 5.91 Å². The molecule has 0 atom stereocenters. The first-order valence-corrected chi connectivity index (χ1v) is 6.13. The Kier molecular flexibility index (Phi) is 3.01. The lowest BCUT2D eigenvalue weighted by Crippen LogP contribution is -2.40. The summed E-state index contributed by atoms with van der Waals surface area (Å²) in [5, 5.41) is 0. The van der Waals surface area contributed by atoms with Gasteiger partial charge in [-0.05, 0) is 31.6 Å². The fourth-order valence-corrected chi connectivity index (χ4v) is 2.72. The minimum absolute atomic E-state index is 0.159. The molecule has 0 aromatic rings. The summed E-state index contributed by atoms with van der Waals surface area (Å²) in [4.78, 5) is 14.0. The Morgan fingerprint density at radius 1 is 1.40 bits per heavy atom. The summed E-state index contributed by atoms with van der Waals surface area (Å²) in [7, 11) is 1.94. The van der Waals surface area contributed by atoms with Crippen molar-refractivity contribution in [2.24, 2.45) is 17.1 Å². The van der Waals surface area contributed by atoms with Gasteiger partial charge in [-0.3, -0.25) is 4.79 Å². The van der Waals surface area contributed by atoms with E-state index in [9.17, 15) is 4.79 Å². The molecule has 2 rings (SSSR count). The fraction of sp³-hybridized carbons (Fsp3) is 0.917. The molecule has 15 heavy (non-hydrogen) atoms. The summed E-state index contributed by atoms with van der Waals surface area (Å²) in [6.07, 6.45) is 7.28. The van der Waals surface area contributed by atoms with Crippen molar-refractivity contribution in [1.29, 1.82) is 0 Å². The maximum atomic E-state index is 12.1. The number of hydrogen-bond acceptors (Lipinski definition) is 2. The molecule has 2 aliphatic carbocycles. The number of rotatable bonds is 4. The van der Waals surface area contributed by atoms with E-state index in [2.05, 4.69) is 0 Å². The first-order chi connectivity index (χ1) is 7.18. The molecule has 0 aromatic heterocycles. The number of hydrogen-bond donors (Lipinski definition) is 1. The predicted octanol–water partition coefficient (Wildman–Crippen LogP) is 1.37. The van der Waals surface area contributed by atoms with Gasteiger partial charge in [0.05, 0.1) is 5.41 Å². The van der Waals surface area contributed by atoms with Crippen LogP contribution in [0.2, 0.25) is 0 Å². The van der Waals surface area contributed by atoms with Crippen molar-refractivity contribution in [3.8, 4) is 0 Å². The Hall–Kier alpha value is -0.570. The van der Waals surface area contributed by atoms with E-state index in [1.807, 2.05) is 11.9 Å². The molecule has 2 N–H and O–H groups in total. The Morgan fingerprint density at radius 3 is 2.47 bits per heavy atom. The van der Waals surface area contributed by atoms with Crippen molar-refractivity contribution < 1.29 is 4.79 Å². The van der Waals surface area contributed by atoms with E-state index in [-0.39, 0.29) is 11.3 Å². The minimum Gasteiger partial charge on any atom is -0.345 e. The van der Waals surface area contributed by atoms with Crippen LogP contribution < -0.4 is 5.73 Å². The molecule has 2 aliphatic rings. The predicted molar refractivity (Wildman–Crippen MR) is 60.3 cm³/mol. The highest BCUT2D eigenvalue weighted by atomic mass is 16.2. The van der Waals surface area contributed by atoms with Gasteiger partial charge in [0.1, 0.15) is 0 Å². The number of nitrogens with two attached hydrogens (primary N) is 1. The summed E-state index contributed by atoms with van der Waals surface area (Å²) < 4.78 is 0. The zero-order valence-electron chi connectivity index (χ0n) is 9.67. The standard InChI is InChI=1S/C12H22N2O/c1-14(8-10-4-2-3-5-10)11(15)12(9-13)6-7-12/h10H,2-9,13H2,1H3. The maximum absolute atomic E-state index is 12.1. The van der Waals surface area contributed by atoms with Crippen molar-refractivity contribution in [2.45, 2.75) is 38.5 Å². The van der Waals surface area contributed by atoms with E-state index in [0.717, 1.165) is 25.3 Å². The normalized spacial score (nSPS) is 24.1. The molecule has 2 fully saturated rings. The molecule has 3 nitrogen and oxygen atoms in total. The van der Waals surface area contributed by atoms with Gasteiger partial charge in [-0.2, -0.15) is 0 Å². The van der Waals surface area contributed by atoms with Crippen LogP contribution in [-0.4, -0.2) is 30.9 Å². The summed E-state index contributed by atoms with van der Waals surface area (Å²) in [5.74, 6) is 1.03. The summed E-state index contributed by atoms with van der Waals surface area (Å²) in [6, 6.07) is 0. The number of carbonyl (C=O) groups is 1. The lowest BCUT2D eigenvalue weighted by atomic mass is 10.0. The second-order valence-corrected chi connectivity index (χ2v) is 5.32. The topological polar surface area (TPSA) is 46.3 Å². The highest BCUT2D eigenvalue weighted by Gasteiger charge is 2.49. The maximum Gasteiger partial charge on any atom is 0.229 e. The highest BCUT2D eigenvalue weighted by molar-refractivity contribution is 5.85. The average molecular weight is 210 g/mol. The Labute approximate surface area is 92.0 Å². The quantitative estimate of drug-likeness (QED) is 0.762. The summed E-state index contributed by atoms with van der Waals surface area (Å²) in [5.41, 5.74) is 5.51. The lowest BCUT2D eigenvalue weighted by Gasteiger charge is -2.25. The van der Waals surface area contributed by atoms with Gasteiger partial charge in [0.15, 0.2) is 0 Å². The van der Waals surface area contributed by atoms with Crippen LogP contribution in [0.3, 0.4) is 0 Å². The average Bonchev–Trinajstić information content (AvgIpc) is 2.89. The lowest BCUT2D eigenvalue weighted by molar-refractivity contribution is -0.135. The first-order valence-electron chi connectivity index (χ1n) is 6.13. The van der Waals surface area contributed by atoms with Gasteiger partial charge in [0.2, 0.25) is 5.91 Å². The third-order valence-electron chi connectivity index (χ3n) is 4.05. The highest BCUT2D eigenvalue weighted by Crippen LogP contribution is 2.46. The molecule has 3 heteroatoms. The van der Waals surface area contributed by atoms with E-state index in [1.165, 1.54) is 25.7 Å². The van der Waals surface area contributed by atoms with Crippen molar-refractivity contribution in [1.82, 2.24) is 4.90 Å². The van der Waals surface area contributed by atoms with Gasteiger partial charge in [-0.15, -0.1) is 0 Å². The van der Waals surface area contributed by atoms with Crippen molar-refractivity contribution in [3.05, 3.63) is 0 Å². The third-order valence-corrected chi connectivity index (χ3v) is 4.05. The van der Waals surface area contributed by atoms with Crippen LogP contribution in [0, 0.1) is 11.3 Å². The molecular formula is C12H22N2O. The van der Waals surface area contributed by atoms with Gasteiger partial charge < -0.3 is 10.6 Å². The van der Waals surface area contributed by atoms with Gasteiger partial charge in [-0.25, -0.2) is 0 Å². The molecule has 0 unspecified atom stereocenters. The molecule has 0 heterocycles. The van der Waals surface area contributed by atoms with E-state index in [0.29, 0.717) is 6.54 Å². The van der Waals surface area contributed by atoms with Gasteiger partial charge in [0, 0.05) is 20.1 Å². The van der Waals surface area contributed by atoms with Gasteiger partial charge in [0.25, 0.3) is 0 Å². The Balaban J connectivity index is 1.84. The van der Waals surface area contributed by atoms with E-state index in [4.69, 9.17) is 5.73 Å². The summed E-state index contributed by atoms with van der Waals surface area (Å²) in [6.45, 7) is 1.47. The zero-order chi connectivity index (χ0) is 10.9. The van der Waals surface area contributed by atoms with Crippen molar-refractivity contribution in [3.63, 3.8) is 0 Å². The van der Waals surface area contributed by atoms with Crippen molar-refractivity contribution in [2.75, 3.05) is 20.1 Å². The third kappa shape index (κ3) is 2.17. The van der Waals surface area contributed by atoms with E-state index >= 15 is 0 Å². The smallest absolute Gasteiger partial charge is 0.229 e. The van der Waals surface area contributed by atoms with Crippen LogP contribution in [0.25, 0.3) is 0 Å². The molecule has 0 radical (unpaired) electrons. The van der Waals surface area contributed by atoms with Crippen LogP contribution in [0.4, 0.5) is 0 Å². The first kappa shape index (κ1) is 10.9. The second-order valence-electron chi connectivity index (χ2n) is 5.32. The summed E-state index contributed by atoms with van der Waals surface area (Å²) >= 11 is 0. The Bertz CT molecular complexity index is 242. The van der Waals surface area contributed by atoms with Crippen LogP contribution in [0.5, 0.6) is 0 Å². The zero-order valence-corrected chi connectivity index (χ0v) is 9.67.